The first-order valence-corrected chi connectivity index (χ1v) is 12.5. The molecule has 2 heterocycles. The number of methoxy groups -OCH3 is 1. The second kappa shape index (κ2) is 9.65. The molecule has 8 heteroatoms. The van der Waals surface area contributed by atoms with Gasteiger partial charge in [0.2, 0.25) is 0 Å². The highest BCUT2D eigenvalue weighted by molar-refractivity contribution is 5.95. The second-order valence-electron chi connectivity index (χ2n) is 9.89. The van der Waals surface area contributed by atoms with E-state index in [4.69, 9.17) is 9.72 Å². The van der Waals surface area contributed by atoms with Gasteiger partial charge in [-0.1, -0.05) is 12.1 Å². The van der Waals surface area contributed by atoms with Crippen LogP contribution in [0, 0.1) is 17.2 Å². The number of hydrogen-bond donors (Lipinski definition) is 1. The van der Waals surface area contributed by atoms with Crippen LogP contribution >= 0.6 is 0 Å². The molecule has 186 valence electrons. The van der Waals surface area contributed by atoms with Gasteiger partial charge in [-0.05, 0) is 75.3 Å². The number of benzene rings is 2. The highest BCUT2D eigenvalue weighted by Crippen LogP contribution is 2.40. The first-order valence-electron chi connectivity index (χ1n) is 12.5. The summed E-state index contributed by atoms with van der Waals surface area (Å²) in [6.07, 6.45) is 4.65. The van der Waals surface area contributed by atoms with E-state index >= 15 is 0 Å². The average Bonchev–Trinajstić information content (AvgIpc) is 3.26. The Bertz CT molecular complexity index is 1360. The molecular weight excluding hydrogens is 456 g/mol. The quantitative estimate of drug-likeness (QED) is 0.541. The molecule has 2 aliphatic rings. The number of nitrogens with zero attached hydrogens (tertiary/aromatic N) is 4. The normalized spacial score (nSPS) is 21.6. The maximum absolute atomic E-state index is 12.6. The van der Waals surface area contributed by atoms with Crippen molar-refractivity contribution >= 4 is 28.8 Å². The molecule has 3 aromatic rings. The van der Waals surface area contributed by atoms with Crippen LogP contribution in [0.4, 0.5) is 10.5 Å². The molecule has 1 saturated carbocycles. The molecule has 1 aliphatic carbocycles. The van der Waals surface area contributed by atoms with E-state index in [0.717, 1.165) is 59.4 Å². The van der Waals surface area contributed by atoms with Gasteiger partial charge in [0.05, 0.1) is 41.4 Å². The van der Waals surface area contributed by atoms with Gasteiger partial charge in [-0.2, -0.15) is 5.26 Å². The Morgan fingerprint density at radius 1 is 1.17 bits per heavy atom. The molecule has 0 radical (unpaired) electrons. The summed E-state index contributed by atoms with van der Waals surface area (Å²) in [7, 11) is 1.40. The number of carboxylic acids is 1. The number of imidazole rings is 1. The molecule has 8 nitrogen and oxygen atoms in total. The summed E-state index contributed by atoms with van der Waals surface area (Å²) in [6.45, 7) is 2.02. The van der Waals surface area contributed by atoms with Crippen molar-refractivity contribution in [1.82, 2.24) is 9.55 Å². The molecule has 1 aromatic heterocycles. The van der Waals surface area contributed by atoms with Gasteiger partial charge in [0.25, 0.3) is 0 Å². The van der Waals surface area contributed by atoms with E-state index in [1.165, 1.54) is 7.11 Å². The van der Waals surface area contributed by atoms with Crippen LogP contribution in [0.15, 0.2) is 36.4 Å². The van der Waals surface area contributed by atoms with E-state index < -0.39 is 5.97 Å². The first kappa shape index (κ1) is 23.9. The molecule has 5 rings (SSSR count). The van der Waals surface area contributed by atoms with Gasteiger partial charge in [0.15, 0.2) is 0 Å². The van der Waals surface area contributed by atoms with Crippen LogP contribution in [0.1, 0.15) is 67.6 Å². The third-order valence-electron chi connectivity index (χ3n) is 7.73. The van der Waals surface area contributed by atoms with Gasteiger partial charge in [-0.15, -0.1) is 0 Å². The lowest BCUT2D eigenvalue weighted by Crippen LogP contribution is -2.42. The van der Waals surface area contributed by atoms with E-state index in [0.29, 0.717) is 24.8 Å². The van der Waals surface area contributed by atoms with Crippen molar-refractivity contribution in [2.24, 2.45) is 5.92 Å². The van der Waals surface area contributed by atoms with Gasteiger partial charge < -0.3 is 14.4 Å². The Morgan fingerprint density at radius 2 is 1.94 bits per heavy atom. The molecule has 1 aliphatic heterocycles. The fraction of sp³-hybridized carbons (Fsp3) is 0.429. The van der Waals surface area contributed by atoms with Crippen LogP contribution in [0.5, 0.6) is 0 Å². The topological polar surface area (TPSA) is 108 Å². The lowest BCUT2D eigenvalue weighted by atomic mass is 9.85. The minimum Gasteiger partial charge on any atom is -0.481 e. The predicted octanol–water partition coefficient (Wildman–Crippen LogP) is 5.22. The molecule has 0 spiro atoms. The fourth-order valence-corrected chi connectivity index (χ4v) is 5.87. The molecular formula is C28H30N4O4. The lowest BCUT2D eigenvalue weighted by Gasteiger charge is -2.34. The highest BCUT2D eigenvalue weighted by atomic mass is 16.5. The van der Waals surface area contributed by atoms with Crippen LogP contribution < -0.4 is 4.90 Å². The van der Waals surface area contributed by atoms with Crippen molar-refractivity contribution in [2.45, 2.75) is 64.0 Å². The van der Waals surface area contributed by atoms with E-state index in [-0.39, 0.29) is 24.1 Å². The third-order valence-corrected chi connectivity index (χ3v) is 7.73. The zero-order chi connectivity index (χ0) is 25.4. The van der Waals surface area contributed by atoms with Gasteiger partial charge in [-0.25, -0.2) is 9.78 Å². The maximum atomic E-state index is 12.6. The van der Waals surface area contributed by atoms with E-state index in [2.05, 4.69) is 10.6 Å². The fourth-order valence-electron chi connectivity index (χ4n) is 5.87. The molecule has 1 fully saturated rings. The number of aryl methyl sites for hydroxylation is 1. The van der Waals surface area contributed by atoms with Gasteiger partial charge in [0.1, 0.15) is 5.82 Å². The van der Waals surface area contributed by atoms with Gasteiger partial charge in [-0.3, -0.25) is 9.69 Å². The van der Waals surface area contributed by atoms with Crippen LogP contribution in [0.25, 0.3) is 11.0 Å². The minimum atomic E-state index is -0.719. The summed E-state index contributed by atoms with van der Waals surface area (Å²) >= 11 is 0. The van der Waals surface area contributed by atoms with E-state index in [9.17, 15) is 20.0 Å². The van der Waals surface area contributed by atoms with E-state index in [1.54, 1.807) is 11.0 Å². The second-order valence-corrected chi connectivity index (χ2v) is 9.89. The summed E-state index contributed by atoms with van der Waals surface area (Å²) < 4.78 is 7.36. The Labute approximate surface area is 210 Å². The number of aliphatic carboxylic acids is 1. The predicted molar refractivity (Wildman–Crippen MR) is 135 cm³/mol. The lowest BCUT2D eigenvalue weighted by molar-refractivity contribution is -0.143. The Kier molecular flexibility index (Phi) is 6.40. The average molecular weight is 487 g/mol. The summed E-state index contributed by atoms with van der Waals surface area (Å²) in [5, 5.41) is 18.8. The smallest absolute Gasteiger partial charge is 0.414 e. The monoisotopic (exact) mass is 486 g/mol. The van der Waals surface area contributed by atoms with Crippen molar-refractivity contribution in [3.8, 4) is 6.07 Å². The zero-order valence-corrected chi connectivity index (χ0v) is 20.6. The molecule has 0 unspecified atom stereocenters. The number of anilines is 1. The molecule has 1 amide bonds. The van der Waals surface area contributed by atoms with Crippen LogP contribution in [-0.2, 0) is 22.4 Å². The molecule has 1 N–H and O–H groups in total. The molecule has 36 heavy (non-hydrogen) atoms. The summed E-state index contributed by atoms with van der Waals surface area (Å²) in [6, 6.07) is 14.0. The Balaban J connectivity index is 1.62. The van der Waals surface area contributed by atoms with E-state index in [1.807, 2.05) is 37.3 Å². The van der Waals surface area contributed by atoms with Crippen molar-refractivity contribution in [2.75, 3.05) is 12.0 Å². The van der Waals surface area contributed by atoms with Crippen molar-refractivity contribution in [1.29, 1.82) is 5.26 Å². The zero-order valence-electron chi connectivity index (χ0n) is 20.6. The van der Waals surface area contributed by atoms with Crippen molar-refractivity contribution in [3.63, 3.8) is 0 Å². The van der Waals surface area contributed by atoms with Crippen molar-refractivity contribution < 1.29 is 19.4 Å². The van der Waals surface area contributed by atoms with Crippen LogP contribution in [-0.4, -0.2) is 39.9 Å². The molecule has 1 atom stereocenters. The largest absolute Gasteiger partial charge is 0.481 e. The van der Waals surface area contributed by atoms with Crippen LogP contribution in [0.2, 0.25) is 0 Å². The molecule has 0 bridgehead atoms. The first-order chi connectivity index (χ1) is 17.4. The Hall–Kier alpha value is -3.86. The minimum absolute atomic E-state index is 0.0315. The summed E-state index contributed by atoms with van der Waals surface area (Å²) in [4.78, 5) is 31.0. The van der Waals surface area contributed by atoms with Crippen molar-refractivity contribution in [3.05, 3.63) is 58.9 Å². The number of amides is 1. The number of carbonyl (C=O) groups excluding carboxylic acids is 1. The SMILES string of the molecule is COC(=O)N1c2ccc3c(nc(Cc4cccc(C#N)c4)n3[C@H]3CC[C@H](C(=O)O)CC3)c2CC[C@@H]1C. The van der Waals surface area contributed by atoms with Crippen LogP contribution in [0.3, 0.4) is 0 Å². The third kappa shape index (κ3) is 4.19. The summed E-state index contributed by atoms with van der Waals surface area (Å²) in [5.41, 5.74) is 5.39. The number of carbonyl (C=O) groups is 2. The standard InChI is InChI=1S/C28H30N4O4/c1-17-6-11-22-23(31(17)28(35)36-2)12-13-24-26(22)30-25(15-18-4-3-5-19(14-18)16-29)32(24)21-9-7-20(8-10-21)27(33)34/h3-5,12-14,17,20-21H,6-11,15H2,1-2H3,(H,33,34)/t17-,20-,21-/m0/s1. The number of rotatable bonds is 4. The number of fused-ring (bicyclic) bond motifs is 3. The van der Waals surface area contributed by atoms with Gasteiger partial charge >= 0.3 is 12.1 Å². The number of ether oxygens (including phenoxy) is 1. The number of hydrogen-bond acceptors (Lipinski definition) is 5. The van der Waals surface area contributed by atoms with Gasteiger partial charge in [0, 0.05) is 24.1 Å². The summed E-state index contributed by atoms with van der Waals surface area (Å²) in [5.74, 6) is -0.117. The molecule has 0 saturated heterocycles. The number of carboxylic acid groups (broad SMARTS) is 1. The Morgan fingerprint density at radius 3 is 2.64 bits per heavy atom. The maximum Gasteiger partial charge on any atom is 0.414 e. The number of nitriles is 1. The molecule has 2 aromatic carbocycles. The number of aromatic nitrogens is 2. The highest BCUT2D eigenvalue weighted by Gasteiger charge is 2.33.